The van der Waals surface area contributed by atoms with Crippen LogP contribution < -0.4 is 10.6 Å². The van der Waals surface area contributed by atoms with Gasteiger partial charge in [-0.15, -0.1) is 5.10 Å². The van der Waals surface area contributed by atoms with Gasteiger partial charge in [-0.05, 0) is 37.5 Å². The lowest BCUT2D eigenvalue weighted by Crippen LogP contribution is -2.56. The van der Waals surface area contributed by atoms with Crippen LogP contribution in [0.25, 0.3) is 11.0 Å². The molecule has 2 heterocycles. The second-order valence-corrected chi connectivity index (χ2v) is 8.34. The number of nitrogens with one attached hydrogen (secondary N) is 2. The molecule has 0 bridgehead atoms. The molecule has 8 heteroatoms. The summed E-state index contributed by atoms with van der Waals surface area (Å²) in [6.45, 7) is 1.57. The lowest BCUT2D eigenvalue weighted by atomic mass is 9.88. The summed E-state index contributed by atoms with van der Waals surface area (Å²) < 4.78 is 7.05. The minimum absolute atomic E-state index is 0.0552. The Labute approximate surface area is 170 Å². The van der Waals surface area contributed by atoms with E-state index in [1.165, 1.54) is 12.8 Å². The molecule has 29 heavy (non-hydrogen) atoms. The molecular weight excluding hydrogens is 370 g/mol. The number of fused-ring (bicyclic) bond motifs is 1. The van der Waals surface area contributed by atoms with Gasteiger partial charge in [0.15, 0.2) is 0 Å². The van der Waals surface area contributed by atoms with Crippen molar-refractivity contribution in [1.29, 1.82) is 0 Å². The van der Waals surface area contributed by atoms with E-state index >= 15 is 0 Å². The lowest BCUT2D eigenvalue weighted by Gasteiger charge is -2.35. The van der Waals surface area contributed by atoms with Crippen LogP contribution in [0.4, 0.5) is 0 Å². The highest BCUT2D eigenvalue weighted by Gasteiger charge is 2.36. The minimum Gasteiger partial charge on any atom is -0.381 e. The monoisotopic (exact) mass is 399 g/mol. The van der Waals surface area contributed by atoms with Gasteiger partial charge in [0.25, 0.3) is 5.91 Å². The first-order valence-corrected chi connectivity index (χ1v) is 10.5. The number of carbonyl (C=O) groups is 2. The van der Waals surface area contributed by atoms with Crippen molar-refractivity contribution in [3.05, 3.63) is 23.8 Å². The average Bonchev–Trinajstić information content (AvgIpc) is 3.33. The van der Waals surface area contributed by atoms with Gasteiger partial charge in [0.1, 0.15) is 5.52 Å². The molecule has 1 aliphatic heterocycles. The molecule has 2 amide bonds. The Morgan fingerprint density at radius 3 is 2.76 bits per heavy atom. The molecule has 2 N–H and O–H groups in total. The van der Waals surface area contributed by atoms with E-state index in [1.807, 2.05) is 13.1 Å². The highest BCUT2D eigenvalue weighted by atomic mass is 16.5. The number of hydrogen-bond donors (Lipinski definition) is 2. The van der Waals surface area contributed by atoms with E-state index in [0.29, 0.717) is 30.8 Å². The first-order chi connectivity index (χ1) is 14.1. The first-order valence-electron chi connectivity index (χ1n) is 10.5. The summed E-state index contributed by atoms with van der Waals surface area (Å²) in [5.74, 6) is -0.177. The number of amides is 2. The molecular formula is C21H29N5O3. The Balaban J connectivity index is 1.46. The van der Waals surface area contributed by atoms with Crippen molar-refractivity contribution in [3.8, 4) is 0 Å². The van der Waals surface area contributed by atoms with E-state index < -0.39 is 0 Å². The predicted octanol–water partition coefficient (Wildman–Crippen LogP) is 1.94. The van der Waals surface area contributed by atoms with Crippen molar-refractivity contribution >= 4 is 22.8 Å². The highest BCUT2D eigenvalue weighted by Crippen LogP contribution is 2.28. The van der Waals surface area contributed by atoms with Crippen LogP contribution in [0.5, 0.6) is 0 Å². The van der Waals surface area contributed by atoms with Crippen LogP contribution >= 0.6 is 0 Å². The molecule has 2 aromatic rings. The van der Waals surface area contributed by atoms with Crippen LogP contribution in [0.3, 0.4) is 0 Å². The summed E-state index contributed by atoms with van der Waals surface area (Å²) in [6, 6.07) is 5.40. The molecule has 1 saturated carbocycles. The minimum atomic E-state index is -0.386. The van der Waals surface area contributed by atoms with Crippen LogP contribution in [0.1, 0.15) is 55.3 Å². The number of nitrogens with zero attached hydrogens (tertiary/aromatic N) is 3. The second-order valence-electron chi connectivity index (χ2n) is 8.34. The Morgan fingerprint density at radius 2 is 2.03 bits per heavy atom. The molecule has 1 saturated heterocycles. The maximum Gasteiger partial charge on any atom is 0.251 e. The third-order valence-electron chi connectivity index (χ3n) is 6.21. The van der Waals surface area contributed by atoms with Crippen molar-refractivity contribution in [2.75, 3.05) is 19.8 Å². The van der Waals surface area contributed by atoms with Gasteiger partial charge in [-0.25, -0.2) is 4.68 Å². The van der Waals surface area contributed by atoms with Crippen LogP contribution in [0.15, 0.2) is 18.2 Å². The summed E-state index contributed by atoms with van der Waals surface area (Å²) in [7, 11) is 1.82. The molecule has 2 fully saturated rings. The van der Waals surface area contributed by atoms with Crippen molar-refractivity contribution in [2.45, 2.75) is 50.5 Å². The quantitative estimate of drug-likeness (QED) is 0.749. The SMILES string of the molecule is Cn1nnc2cc(C(=O)NCC3(NC(=O)C4CCOC4)CCCCCC3)ccc21. The van der Waals surface area contributed by atoms with Crippen molar-refractivity contribution < 1.29 is 14.3 Å². The number of ether oxygens (including phenoxy) is 1. The van der Waals surface area contributed by atoms with E-state index in [-0.39, 0.29) is 23.3 Å². The molecule has 1 aromatic carbocycles. The van der Waals surface area contributed by atoms with Gasteiger partial charge in [-0.2, -0.15) is 0 Å². The van der Waals surface area contributed by atoms with Gasteiger partial charge in [-0.3, -0.25) is 9.59 Å². The van der Waals surface area contributed by atoms with Crippen molar-refractivity contribution in [2.24, 2.45) is 13.0 Å². The van der Waals surface area contributed by atoms with E-state index in [1.54, 1.807) is 16.8 Å². The zero-order valence-corrected chi connectivity index (χ0v) is 16.9. The number of aromatic nitrogens is 3. The summed E-state index contributed by atoms with van der Waals surface area (Å²) in [4.78, 5) is 25.6. The standard InChI is InChI=1S/C21H29N5O3/c1-26-18-7-6-15(12-17(18)24-25-26)19(27)22-14-21(9-4-2-3-5-10-21)23-20(28)16-8-11-29-13-16/h6-7,12,16H,2-5,8-11,13-14H2,1H3,(H,22,27)(H,23,28). The number of benzene rings is 1. The molecule has 1 unspecified atom stereocenters. The Bertz CT molecular complexity index is 880. The normalized spacial score (nSPS) is 21.6. The van der Waals surface area contributed by atoms with E-state index in [0.717, 1.165) is 37.6 Å². The van der Waals surface area contributed by atoms with Crippen molar-refractivity contribution in [1.82, 2.24) is 25.6 Å². The lowest BCUT2D eigenvalue weighted by molar-refractivity contribution is -0.127. The van der Waals surface area contributed by atoms with Crippen LogP contribution in [-0.4, -0.2) is 52.1 Å². The Morgan fingerprint density at radius 1 is 1.24 bits per heavy atom. The third-order valence-corrected chi connectivity index (χ3v) is 6.21. The van der Waals surface area contributed by atoms with Gasteiger partial charge in [0.2, 0.25) is 5.91 Å². The van der Waals surface area contributed by atoms with Gasteiger partial charge < -0.3 is 15.4 Å². The maximum absolute atomic E-state index is 12.8. The zero-order valence-electron chi connectivity index (χ0n) is 16.9. The van der Waals surface area contributed by atoms with Crippen LogP contribution in [0.2, 0.25) is 0 Å². The second kappa shape index (κ2) is 8.49. The third kappa shape index (κ3) is 4.42. The molecule has 4 rings (SSSR count). The van der Waals surface area contributed by atoms with E-state index in [4.69, 9.17) is 4.74 Å². The molecule has 1 atom stereocenters. The van der Waals surface area contributed by atoms with E-state index in [2.05, 4.69) is 20.9 Å². The molecule has 1 aromatic heterocycles. The summed E-state index contributed by atoms with van der Waals surface area (Å²) >= 11 is 0. The fourth-order valence-corrected chi connectivity index (χ4v) is 4.39. The van der Waals surface area contributed by atoms with Gasteiger partial charge in [0.05, 0.1) is 23.6 Å². The highest BCUT2D eigenvalue weighted by molar-refractivity contribution is 5.97. The van der Waals surface area contributed by atoms with Crippen LogP contribution in [0, 0.1) is 5.92 Å². The molecule has 8 nitrogen and oxygen atoms in total. The fourth-order valence-electron chi connectivity index (χ4n) is 4.39. The fraction of sp³-hybridized carbons (Fsp3) is 0.619. The Hall–Kier alpha value is -2.48. The summed E-state index contributed by atoms with van der Waals surface area (Å²) in [5.41, 5.74) is 1.74. The topological polar surface area (TPSA) is 98.1 Å². The molecule has 1 aliphatic carbocycles. The zero-order chi connectivity index (χ0) is 20.3. The summed E-state index contributed by atoms with van der Waals surface area (Å²) in [6.07, 6.45) is 6.99. The average molecular weight is 399 g/mol. The molecule has 0 spiro atoms. The Kier molecular flexibility index (Phi) is 5.80. The molecule has 156 valence electrons. The molecule has 0 radical (unpaired) electrons. The van der Waals surface area contributed by atoms with E-state index in [9.17, 15) is 9.59 Å². The van der Waals surface area contributed by atoms with Crippen molar-refractivity contribution in [3.63, 3.8) is 0 Å². The number of aryl methyl sites for hydroxylation is 1. The number of hydrogen-bond acceptors (Lipinski definition) is 5. The number of rotatable bonds is 5. The van der Waals surface area contributed by atoms with Gasteiger partial charge in [0, 0.05) is 25.8 Å². The molecule has 2 aliphatic rings. The summed E-state index contributed by atoms with van der Waals surface area (Å²) in [5, 5.41) is 14.4. The first kappa shape index (κ1) is 19.8. The van der Waals surface area contributed by atoms with Gasteiger partial charge in [-0.1, -0.05) is 30.9 Å². The largest absolute Gasteiger partial charge is 0.381 e. The van der Waals surface area contributed by atoms with Gasteiger partial charge >= 0.3 is 0 Å². The maximum atomic E-state index is 12.8. The van der Waals surface area contributed by atoms with Crippen LogP contribution in [-0.2, 0) is 16.6 Å². The number of carbonyl (C=O) groups excluding carboxylic acids is 2. The predicted molar refractivity (Wildman–Crippen MR) is 108 cm³/mol. The smallest absolute Gasteiger partial charge is 0.251 e.